The first-order chi connectivity index (χ1) is 12.9. The highest BCUT2D eigenvalue weighted by Gasteiger charge is 2.29. The molecule has 1 aliphatic rings. The van der Waals surface area contributed by atoms with E-state index in [1.807, 2.05) is 0 Å². The fraction of sp³-hybridized carbons (Fsp3) is 0.235. The third kappa shape index (κ3) is 4.23. The van der Waals surface area contributed by atoms with Gasteiger partial charge in [-0.1, -0.05) is 18.2 Å². The average Bonchev–Trinajstić information content (AvgIpc) is 3.16. The summed E-state index contributed by atoms with van der Waals surface area (Å²) in [5, 5.41) is 10.6. The van der Waals surface area contributed by atoms with E-state index in [0.29, 0.717) is 0 Å². The summed E-state index contributed by atoms with van der Waals surface area (Å²) < 4.78 is 31.4. The lowest BCUT2D eigenvalue weighted by molar-refractivity contribution is -0.402. The van der Waals surface area contributed by atoms with Gasteiger partial charge in [-0.3, -0.25) is 14.9 Å². The number of nitrogens with zero attached hydrogens (tertiary/aromatic N) is 3. The molecule has 2 aromatic rings. The lowest BCUT2D eigenvalue weighted by Gasteiger charge is -2.33. The van der Waals surface area contributed by atoms with Crippen LogP contribution in [0.5, 0.6) is 0 Å². The van der Waals surface area contributed by atoms with Crippen molar-refractivity contribution in [3.8, 4) is 0 Å². The molecule has 0 spiro atoms. The first-order valence-electron chi connectivity index (χ1n) is 8.14. The maximum Gasteiger partial charge on any atom is 0.433 e. The zero-order chi connectivity index (χ0) is 19.4. The van der Waals surface area contributed by atoms with Gasteiger partial charge in [-0.15, -0.1) is 0 Å². The molecule has 1 aromatic heterocycles. The van der Waals surface area contributed by atoms with Gasteiger partial charge in [0.2, 0.25) is 15.9 Å². The summed E-state index contributed by atoms with van der Waals surface area (Å²) >= 11 is 0. The van der Waals surface area contributed by atoms with E-state index in [2.05, 4.69) is 0 Å². The fourth-order valence-electron chi connectivity index (χ4n) is 2.68. The molecule has 1 amide bonds. The predicted octanol–water partition coefficient (Wildman–Crippen LogP) is 1.73. The van der Waals surface area contributed by atoms with Crippen LogP contribution in [0.4, 0.5) is 5.88 Å². The molecule has 27 heavy (non-hydrogen) atoms. The number of sulfonamides is 1. The first kappa shape index (κ1) is 18.8. The molecular formula is C17H17N3O6S. The molecule has 2 heterocycles. The smallest absolute Gasteiger partial charge is 0.401 e. The van der Waals surface area contributed by atoms with Gasteiger partial charge in [-0.2, -0.15) is 4.31 Å². The number of hydrogen-bond acceptors (Lipinski definition) is 6. The highest BCUT2D eigenvalue weighted by Crippen LogP contribution is 2.18. The Morgan fingerprint density at radius 3 is 2.33 bits per heavy atom. The Bertz CT molecular complexity index is 960. The Morgan fingerprint density at radius 2 is 1.74 bits per heavy atom. The second-order valence-corrected chi connectivity index (χ2v) is 7.75. The van der Waals surface area contributed by atoms with Crippen LogP contribution in [-0.2, 0) is 14.8 Å². The van der Waals surface area contributed by atoms with Gasteiger partial charge in [0.25, 0.3) is 0 Å². The summed E-state index contributed by atoms with van der Waals surface area (Å²) in [6.07, 6.45) is 2.60. The molecule has 0 saturated carbocycles. The van der Waals surface area contributed by atoms with E-state index in [4.69, 9.17) is 4.42 Å². The van der Waals surface area contributed by atoms with Gasteiger partial charge in [-0.25, -0.2) is 8.42 Å². The maximum atomic E-state index is 12.6. The van der Waals surface area contributed by atoms with Crippen molar-refractivity contribution < 1.29 is 22.6 Å². The third-order valence-corrected chi connectivity index (χ3v) is 6.03. The minimum Gasteiger partial charge on any atom is -0.401 e. The van der Waals surface area contributed by atoms with E-state index in [1.165, 1.54) is 45.6 Å². The van der Waals surface area contributed by atoms with Crippen molar-refractivity contribution in [1.82, 2.24) is 9.21 Å². The van der Waals surface area contributed by atoms with Crippen molar-refractivity contribution in [1.29, 1.82) is 0 Å². The van der Waals surface area contributed by atoms with Crippen molar-refractivity contribution in [3.63, 3.8) is 0 Å². The molecule has 0 bridgehead atoms. The van der Waals surface area contributed by atoms with Crippen LogP contribution in [0, 0.1) is 10.1 Å². The molecule has 0 radical (unpaired) electrons. The Kier molecular flexibility index (Phi) is 5.38. The van der Waals surface area contributed by atoms with Crippen LogP contribution in [0.15, 0.2) is 57.9 Å². The Morgan fingerprint density at radius 1 is 1.07 bits per heavy atom. The average molecular weight is 391 g/mol. The molecule has 0 N–H and O–H groups in total. The largest absolute Gasteiger partial charge is 0.433 e. The molecule has 0 aliphatic carbocycles. The molecule has 1 aliphatic heterocycles. The number of carbonyl (C=O) groups excluding carboxylic acids is 1. The topological polar surface area (TPSA) is 114 Å². The number of furan rings is 1. The van der Waals surface area contributed by atoms with Crippen LogP contribution in [0.3, 0.4) is 0 Å². The quantitative estimate of drug-likeness (QED) is 0.436. The predicted molar refractivity (Wildman–Crippen MR) is 96.2 cm³/mol. The number of piperazine rings is 1. The summed E-state index contributed by atoms with van der Waals surface area (Å²) in [5.74, 6) is -0.520. The van der Waals surface area contributed by atoms with Crippen LogP contribution in [0.1, 0.15) is 5.76 Å². The van der Waals surface area contributed by atoms with Gasteiger partial charge in [0, 0.05) is 32.3 Å². The molecule has 9 nitrogen and oxygen atoms in total. The fourth-order valence-corrected chi connectivity index (χ4v) is 4.12. The summed E-state index contributed by atoms with van der Waals surface area (Å²) in [5.41, 5.74) is 0. The first-order valence-corrected chi connectivity index (χ1v) is 9.58. The van der Waals surface area contributed by atoms with Crippen molar-refractivity contribution >= 4 is 27.9 Å². The van der Waals surface area contributed by atoms with Crippen LogP contribution >= 0.6 is 0 Å². The van der Waals surface area contributed by atoms with Gasteiger partial charge >= 0.3 is 5.88 Å². The van der Waals surface area contributed by atoms with E-state index < -0.39 is 20.8 Å². The zero-order valence-electron chi connectivity index (χ0n) is 14.2. The molecule has 1 fully saturated rings. The lowest BCUT2D eigenvalue weighted by atomic mass is 10.3. The summed E-state index contributed by atoms with van der Waals surface area (Å²) in [7, 11) is -3.57. The molecule has 10 heteroatoms. The van der Waals surface area contributed by atoms with Crippen LogP contribution in [0.25, 0.3) is 6.08 Å². The highest BCUT2D eigenvalue weighted by molar-refractivity contribution is 7.89. The molecular weight excluding hydrogens is 374 g/mol. The molecule has 1 saturated heterocycles. The van der Waals surface area contributed by atoms with Gasteiger partial charge in [-0.05, 0) is 24.3 Å². The monoisotopic (exact) mass is 391 g/mol. The minimum absolute atomic E-state index is 0.195. The molecule has 1 aromatic carbocycles. The van der Waals surface area contributed by atoms with Crippen molar-refractivity contribution in [2.75, 3.05) is 26.2 Å². The number of nitro groups is 1. The second-order valence-electron chi connectivity index (χ2n) is 5.81. The molecule has 0 atom stereocenters. The molecule has 142 valence electrons. The number of amides is 1. The highest BCUT2D eigenvalue weighted by atomic mass is 32.2. The molecule has 0 unspecified atom stereocenters. The standard InChI is InChI=1S/C17H17N3O6S/c21-16(8-6-14-7-9-17(26-14)20(22)23)18-10-12-19(13-11-18)27(24,25)15-4-2-1-3-5-15/h1-9H,10-13H2/b8-6+. The third-order valence-electron chi connectivity index (χ3n) is 4.11. The number of hydrogen-bond donors (Lipinski definition) is 0. The van der Waals surface area contributed by atoms with Crippen LogP contribution < -0.4 is 0 Å². The SMILES string of the molecule is O=C(/C=C/c1ccc([N+](=O)[O-])o1)N1CCN(S(=O)(=O)c2ccccc2)CC1. The van der Waals surface area contributed by atoms with E-state index in [-0.39, 0.29) is 42.7 Å². The van der Waals surface area contributed by atoms with E-state index in [1.54, 1.807) is 18.2 Å². The Balaban J connectivity index is 1.59. The van der Waals surface area contributed by atoms with E-state index in [0.717, 1.165) is 0 Å². The number of benzene rings is 1. The lowest BCUT2D eigenvalue weighted by Crippen LogP contribution is -2.50. The second kappa shape index (κ2) is 7.72. The van der Waals surface area contributed by atoms with Crippen LogP contribution in [-0.4, -0.2) is 54.6 Å². The normalized spacial score (nSPS) is 15.9. The minimum atomic E-state index is -3.57. The number of carbonyl (C=O) groups is 1. The van der Waals surface area contributed by atoms with E-state index in [9.17, 15) is 23.3 Å². The number of rotatable bonds is 5. The Labute approximate surface area is 155 Å². The molecule has 3 rings (SSSR count). The van der Waals surface area contributed by atoms with Gasteiger partial charge < -0.3 is 9.32 Å². The van der Waals surface area contributed by atoms with Gasteiger partial charge in [0.1, 0.15) is 10.7 Å². The summed E-state index contributed by atoms with van der Waals surface area (Å²) in [6, 6.07) is 10.8. The van der Waals surface area contributed by atoms with Gasteiger partial charge in [0.05, 0.1) is 11.0 Å². The van der Waals surface area contributed by atoms with Crippen molar-refractivity contribution in [3.05, 3.63) is 64.4 Å². The van der Waals surface area contributed by atoms with Crippen molar-refractivity contribution in [2.24, 2.45) is 0 Å². The Hall–Kier alpha value is -2.98. The summed E-state index contributed by atoms with van der Waals surface area (Å²) in [6.45, 7) is 0.910. The maximum absolute atomic E-state index is 12.6. The van der Waals surface area contributed by atoms with Gasteiger partial charge in [0.15, 0.2) is 0 Å². The zero-order valence-corrected chi connectivity index (χ0v) is 15.0. The van der Waals surface area contributed by atoms with Crippen molar-refractivity contribution in [2.45, 2.75) is 4.90 Å². The van der Waals surface area contributed by atoms with E-state index >= 15 is 0 Å². The summed E-state index contributed by atoms with van der Waals surface area (Å²) in [4.78, 5) is 23.9. The van der Waals surface area contributed by atoms with Crippen LogP contribution in [0.2, 0.25) is 0 Å².